The van der Waals surface area contributed by atoms with Crippen molar-refractivity contribution in [3.05, 3.63) is 24.3 Å². The molecule has 0 fully saturated rings. The summed E-state index contributed by atoms with van der Waals surface area (Å²) in [5.41, 5.74) is 0.912. The molecule has 25 heavy (non-hydrogen) atoms. The van der Waals surface area contributed by atoms with Crippen molar-refractivity contribution in [3.8, 4) is 0 Å². The average molecular weight is 369 g/mol. The molecule has 1 rings (SSSR count). The summed E-state index contributed by atoms with van der Waals surface area (Å²) in [5.74, 6) is -0.419. The van der Waals surface area contributed by atoms with Gasteiger partial charge in [0.2, 0.25) is 21.8 Å². The number of sulfonamides is 1. The lowest BCUT2D eigenvalue weighted by Crippen LogP contribution is -2.35. The number of anilines is 2. The smallest absolute Gasteiger partial charge is 0.232 e. The Balaban J connectivity index is 2.76. The van der Waals surface area contributed by atoms with Crippen LogP contribution in [0.1, 0.15) is 39.5 Å². The quantitative estimate of drug-likeness (QED) is 0.618. The lowest BCUT2D eigenvalue weighted by atomic mass is 10.2. The summed E-state index contributed by atoms with van der Waals surface area (Å²) in [6, 6.07) is 6.53. The van der Waals surface area contributed by atoms with Gasteiger partial charge in [-0.25, -0.2) is 8.42 Å². The fourth-order valence-electron chi connectivity index (χ4n) is 2.32. The molecule has 2 N–H and O–H groups in total. The largest absolute Gasteiger partial charge is 0.356 e. The minimum atomic E-state index is -3.55. The number of carbonyl (C=O) groups excluding carboxylic acids is 2. The molecule has 2 amide bonds. The molecule has 0 aliphatic carbocycles. The van der Waals surface area contributed by atoms with Crippen molar-refractivity contribution in [2.45, 2.75) is 39.5 Å². The maximum atomic E-state index is 12.1. The minimum Gasteiger partial charge on any atom is -0.356 e. The summed E-state index contributed by atoms with van der Waals surface area (Å²) in [5, 5.41) is 5.41. The SMILES string of the molecule is CCCCCNC(=O)CCN(c1cccc(NC(C)=O)c1)S(C)(=O)=O. The van der Waals surface area contributed by atoms with Gasteiger partial charge in [0.15, 0.2) is 0 Å². The van der Waals surface area contributed by atoms with Crippen LogP contribution in [0.15, 0.2) is 24.3 Å². The normalized spacial score (nSPS) is 11.0. The van der Waals surface area contributed by atoms with Gasteiger partial charge in [-0.3, -0.25) is 13.9 Å². The van der Waals surface area contributed by atoms with Gasteiger partial charge in [-0.1, -0.05) is 25.8 Å². The molecule has 0 aliphatic rings. The molecule has 0 saturated heterocycles. The third-order valence-corrected chi connectivity index (χ3v) is 4.69. The molecule has 0 radical (unpaired) electrons. The highest BCUT2D eigenvalue weighted by Crippen LogP contribution is 2.22. The Morgan fingerprint density at radius 3 is 2.52 bits per heavy atom. The van der Waals surface area contributed by atoms with Gasteiger partial charge in [0.1, 0.15) is 0 Å². The number of rotatable bonds is 10. The van der Waals surface area contributed by atoms with Crippen LogP contribution >= 0.6 is 0 Å². The molecule has 0 spiro atoms. The van der Waals surface area contributed by atoms with E-state index in [-0.39, 0.29) is 24.8 Å². The number of benzene rings is 1. The molecule has 0 aliphatic heterocycles. The highest BCUT2D eigenvalue weighted by molar-refractivity contribution is 7.92. The maximum Gasteiger partial charge on any atom is 0.232 e. The highest BCUT2D eigenvalue weighted by atomic mass is 32.2. The Bertz CT molecular complexity index is 689. The van der Waals surface area contributed by atoms with E-state index in [4.69, 9.17) is 0 Å². The molecule has 7 nitrogen and oxygen atoms in total. The molecule has 1 aromatic carbocycles. The lowest BCUT2D eigenvalue weighted by molar-refractivity contribution is -0.120. The lowest BCUT2D eigenvalue weighted by Gasteiger charge is -2.22. The Morgan fingerprint density at radius 2 is 1.92 bits per heavy atom. The molecule has 0 heterocycles. The molecule has 8 heteroatoms. The fraction of sp³-hybridized carbons (Fsp3) is 0.529. The maximum absolute atomic E-state index is 12.1. The standard InChI is InChI=1S/C17H27N3O4S/c1-4-5-6-11-18-17(22)10-12-20(25(3,23)24)16-9-7-8-15(13-16)19-14(2)21/h7-9,13H,4-6,10-12H2,1-3H3,(H,18,22)(H,19,21). The van der Waals surface area contributed by atoms with E-state index in [1.165, 1.54) is 11.2 Å². The van der Waals surface area contributed by atoms with Crippen molar-refractivity contribution >= 4 is 33.2 Å². The zero-order valence-electron chi connectivity index (χ0n) is 15.0. The van der Waals surface area contributed by atoms with Crippen LogP contribution in [-0.4, -0.2) is 39.6 Å². The van der Waals surface area contributed by atoms with E-state index >= 15 is 0 Å². The van der Waals surface area contributed by atoms with E-state index < -0.39 is 10.0 Å². The minimum absolute atomic E-state index is 0.0436. The zero-order valence-corrected chi connectivity index (χ0v) is 15.9. The van der Waals surface area contributed by atoms with Crippen LogP contribution in [0.5, 0.6) is 0 Å². The molecule has 0 unspecified atom stereocenters. The predicted molar refractivity (Wildman–Crippen MR) is 100 cm³/mol. The van der Waals surface area contributed by atoms with Crippen LogP contribution in [0.2, 0.25) is 0 Å². The van der Waals surface area contributed by atoms with Gasteiger partial charge in [-0.05, 0) is 24.6 Å². The van der Waals surface area contributed by atoms with Crippen molar-refractivity contribution in [1.82, 2.24) is 5.32 Å². The molecule has 1 aromatic rings. The monoisotopic (exact) mass is 369 g/mol. The second-order valence-corrected chi connectivity index (χ2v) is 7.78. The summed E-state index contributed by atoms with van der Waals surface area (Å²) in [4.78, 5) is 23.0. The summed E-state index contributed by atoms with van der Waals surface area (Å²) >= 11 is 0. The molecular formula is C17H27N3O4S. The third kappa shape index (κ3) is 8.02. The number of nitrogens with one attached hydrogen (secondary N) is 2. The van der Waals surface area contributed by atoms with Gasteiger partial charge < -0.3 is 10.6 Å². The number of unbranched alkanes of at least 4 members (excludes halogenated alkanes) is 2. The highest BCUT2D eigenvalue weighted by Gasteiger charge is 2.19. The van der Waals surface area contributed by atoms with E-state index in [0.717, 1.165) is 25.5 Å². The van der Waals surface area contributed by atoms with Gasteiger partial charge in [0.05, 0.1) is 11.9 Å². The Labute approximate surface area is 149 Å². The van der Waals surface area contributed by atoms with Crippen LogP contribution in [-0.2, 0) is 19.6 Å². The molecule has 0 bridgehead atoms. The van der Waals surface area contributed by atoms with Gasteiger partial charge in [-0.15, -0.1) is 0 Å². The Morgan fingerprint density at radius 1 is 1.20 bits per heavy atom. The third-order valence-electron chi connectivity index (χ3n) is 3.50. The van der Waals surface area contributed by atoms with Crippen LogP contribution in [0.4, 0.5) is 11.4 Å². The van der Waals surface area contributed by atoms with E-state index in [9.17, 15) is 18.0 Å². The van der Waals surface area contributed by atoms with E-state index in [0.29, 0.717) is 17.9 Å². The number of amides is 2. The Kier molecular flexibility index (Phi) is 8.40. The predicted octanol–water partition coefficient (Wildman–Crippen LogP) is 2.11. The first-order chi connectivity index (χ1) is 11.7. The number of carbonyl (C=O) groups is 2. The number of hydrogen-bond acceptors (Lipinski definition) is 4. The molecule has 0 aromatic heterocycles. The molecule has 140 valence electrons. The van der Waals surface area contributed by atoms with Gasteiger partial charge >= 0.3 is 0 Å². The first kappa shape index (κ1) is 21.0. The van der Waals surface area contributed by atoms with Crippen LogP contribution in [0.25, 0.3) is 0 Å². The first-order valence-corrected chi connectivity index (χ1v) is 10.2. The van der Waals surface area contributed by atoms with E-state index in [2.05, 4.69) is 17.6 Å². The number of nitrogens with zero attached hydrogens (tertiary/aromatic N) is 1. The van der Waals surface area contributed by atoms with Crippen molar-refractivity contribution in [2.24, 2.45) is 0 Å². The summed E-state index contributed by atoms with van der Waals surface area (Å²) in [7, 11) is -3.55. The summed E-state index contributed by atoms with van der Waals surface area (Å²) < 4.78 is 25.3. The van der Waals surface area contributed by atoms with Gasteiger partial charge in [-0.2, -0.15) is 0 Å². The van der Waals surface area contributed by atoms with Crippen molar-refractivity contribution in [2.75, 3.05) is 29.0 Å². The topological polar surface area (TPSA) is 95.6 Å². The van der Waals surface area contributed by atoms with Crippen molar-refractivity contribution in [3.63, 3.8) is 0 Å². The molecular weight excluding hydrogens is 342 g/mol. The van der Waals surface area contributed by atoms with Crippen LogP contribution in [0.3, 0.4) is 0 Å². The van der Waals surface area contributed by atoms with Crippen molar-refractivity contribution < 1.29 is 18.0 Å². The van der Waals surface area contributed by atoms with Crippen LogP contribution < -0.4 is 14.9 Å². The van der Waals surface area contributed by atoms with E-state index in [1.807, 2.05) is 0 Å². The molecule has 0 saturated carbocycles. The number of hydrogen-bond donors (Lipinski definition) is 2. The summed E-state index contributed by atoms with van der Waals surface area (Å²) in [6.07, 6.45) is 4.20. The van der Waals surface area contributed by atoms with Crippen LogP contribution in [0, 0.1) is 0 Å². The zero-order chi connectivity index (χ0) is 18.9. The average Bonchev–Trinajstić information content (AvgIpc) is 2.50. The fourth-order valence-corrected chi connectivity index (χ4v) is 3.24. The first-order valence-electron chi connectivity index (χ1n) is 8.36. The second kappa shape index (κ2) is 10.0. The van der Waals surface area contributed by atoms with Gasteiger partial charge in [0, 0.05) is 32.1 Å². The summed E-state index contributed by atoms with van der Waals surface area (Å²) in [6.45, 7) is 4.11. The van der Waals surface area contributed by atoms with E-state index in [1.54, 1.807) is 24.3 Å². The Hall–Kier alpha value is -2.09. The van der Waals surface area contributed by atoms with Crippen molar-refractivity contribution in [1.29, 1.82) is 0 Å². The molecule has 0 atom stereocenters. The van der Waals surface area contributed by atoms with Gasteiger partial charge in [0.25, 0.3) is 0 Å². The second-order valence-electron chi connectivity index (χ2n) is 5.87.